The molecular weight excluding hydrogens is 224 g/mol. The summed E-state index contributed by atoms with van der Waals surface area (Å²) in [5.41, 5.74) is 5.49. The lowest BCUT2D eigenvalue weighted by Gasteiger charge is -2.38. The average molecular weight is 254 g/mol. The predicted octanol–water partition coefficient (Wildman–Crippen LogP) is 2.39. The summed E-state index contributed by atoms with van der Waals surface area (Å²) in [7, 11) is 0. The van der Waals surface area contributed by atoms with E-state index >= 15 is 0 Å². The van der Waals surface area contributed by atoms with E-state index in [1.54, 1.807) is 0 Å². The molecule has 3 heteroatoms. The maximum Gasteiger partial charge on any atom is 0.0599 e. The van der Waals surface area contributed by atoms with Gasteiger partial charge < -0.3 is 15.4 Å². The molecule has 1 aliphatic carbocycles. The molecule has 106 valence electrons. The largest absolute Gasteiger partial charge is 0.378 e. The third-order valence-corrected chi connectivity index (χ3v) is 4.84. The van der Waals surface area contributed by atoms with Crippen molar-refractivity contribution in [3.63, 3.8) is 0 Å². The minimum absolute atomic E-state index is 0.489. The van der Waals surface area contributed by atoms with Gasteiger partial charge in [-0.15, -0.1) is 0 Å². The van der Waals surface area contributed by atoms with E-state index in [4.69, 9.17) is 10.5 Å². The van der Waals surface area contributed by atoms with Crippen molar-refractivity contribution in [2.75, 3.05) is 26.2 Å². The fourth-order valence-corrected chi connectivity index (χ4v) is 3.52. The molecule has 1 saturated heterocycles. The Hall–Kier alpha value is -0.120. The van der Waals surface area contributed by atoms with Gasteiger partial charge in [-0.1, -0.05) is 12.8 Å². The van der Waals surface area contributed by atoms with Crippen LogP contribution in [-0.2, 0) is 4.74 Å². The quantitative estimate of drug-likeness (QED) is 0.740. The molecule has 2 fully saturated rings. The summed E-state index contributed by atoms with van der Waals surface area (Å²) < 4.78 is 5.87. The Labute approximate surface area is 112 Å². The molecular formula is C15H30N2O. The summed E-state index contributed by atoms with van der Waals surface area (Å²) in [6.45, 7) is 6.48. The highest BCUT2D eigenvalue weighted by atomic mass is 16.5. The number of nitrogens with zero attached hydrogens (tertiary/aromatic N) is 1. The predicted molar refractivity (Wildman–Crippen MR) is 75.6 cm³/mol. The van der Waals surface area contributed by atoms with Crippen molar-refractivity contribution in [1.29, 1.82) is 0 Å². The zero-order valence-electron chi connectivity index (χ0n) is 11.9. The van der Waals surface area contributed by atoms with Crippen LogP contribution in [0.5, 0.6) is 0 Å². The molecule has 2 aliphatic rings. The van der Waals surface area contributed by atoms with Gasteiger partial charge in [-0.25, -0.2) is 0 Å². The maximum absolute atomic E-state index is 5.87. The summed E-state index contributed by atoms with van der Waals surface area (Å²) >= 11 is 0. The SMILES string of the molecule is CC(C1CCCC1)N1CCC(OCCCN)CC1. The Morgan fingerprint density at radius 2 is 1.83 bits per heavy atom. The Morgan fingerprint density at radius 3 is 2.44 bits per heavy atom. The van der Waals surface area contributed by atoms with Crippen LogP contribution in [0.1, 0.15) is 51.9 Å². The second-order valence-electron chi connectivity index (χ2n) is 6.03. The normalized spacial score (nSPS) is 25.7. The average Bonchev–Trinajstić information content (AvgIpc) is 2.93. The number of nitrogens with two attached hydrogens (primary N) is 1. The topological polar surface area (TPSA) is 38.5 Å². The second kappa shape index (κ2) is 7.46. The number of piperidine rings is 1. The minimum Gasteiger partial charge on any atom is -0.378 e. The third-order valence-electron chi connectivity index (χ3n) is 4.84. The Morgan fingerprint density at radius 1 is 1.17 bits per heavy atom. The standard InChI is InChI=1S/C15H30N2O/c1-13(14-5-2-3-6-14)17-10-7-15(8-11-17)18-12-4-9-16/h13-15H,2-12,16H2,1H3. The van der Waals surface area contributed by atoms with E-state index in [0.29, 0.717) is 6.10 Å². The van der Waals surface area contributed by atoms with E-state index in [-0.39, 0.29) is 0 Å². The van der Waals surface area contributed by atoms with Crippen molar-refractivity contribution in [3.05, 3.63) is 0 Å². The van der Waals surface area contributed by atoms with Crippen LogP contribution >= 0.6 is 0 Å². The van der Waals surface area contributed by atoms with Gasteiger partial charge in [0, 0.05) is 25.7 Å². The van der Waals surface area contributed by atoms with Gasteiger partial charge in [-0.3, -0.25) is 0 Å². The van der Waals surface area contributed by atoms with Crippen molar-refractivity contribution >= 4 is 0 Å². The summed E-state index contributed by atoms with van der Waals surface area (Å²) in [6.07, 6.45) is 9.72. The first kappa shape index (κ1) is 14.3. The number of rotatable bonds is 6. The van der Waals surface area contributed by atoms with Crippen molar-refractivity contribution < 1.29 is 4.74 Å². The fraction of sp³-hybridized carbons (Fsp3) is 1.00. The van der Waals surface area contributed by atoms with Gasteiger partial charge in [0.15, 0.2) is 0 Å². The Bertz CT molecular complexity index is 221. The molecule has 1 unspecified atom stereocenters. The van der Waals surface area contributed by atoms with Crippen LogP contribution in [0.2, 0.25) is 0 Å². The van der Waals surface area contributed by atoms with Crippen molar-refractivity contribution in [1.82, 2.24) is 4.90 Å². The van der Waals surface area contributed by atoms with Gasteiger partial charge in [-0.05, 0) is 51.5 Å². The maximum atomic E-state index is 5.87. The van der Waals surface area contributed by atoms with E-state index in [0.717, 1.165) is 31.5 Å². The zero-order valence-corrected chi connectivity index (χ0v) is 11.9. The summed E-state index contributed by atoms with van der Waals surface area (Å²) in [6, 6.07) is 0.789. The van der Waals surface area contributed by atoms with Crippen molar-refractivity contribution in [2.45, 2.75) is 64.0 Å². The fourth-order valence-electron chi connectivity index (χ4n) is 3.52. The van der Waals surface area contributed by atoms with E-state index < -0.39 is 0 Å². The highest BCUT2D eigenvalue weighted by Gasteiger charge is 2.29. The Balaban J connectivity index is 1.66. The number of ether oxygens (including phenoxy) is 1. The first-order chi connectivity index (χ1) is 8.81. The molecule has 0 aromatic heterocycles. The first-order valence-corrected chi connectivity index (χ1v) is 7.87. The molecule has 0 aromatic rings. The lowest BCUT2D eigenvalue weighted by Crippen LogP contribution is -2.44. The van der Waals surface area contributed by atoms with Gasteiger partial charge in [-0.2, -0.15) is 0 Å². The van der Waals surface area contributed by atoms with Crippen LogP contribution in [-0.4, -0.2) is 43.3 Å². The van der Waals surface area contributed by atoms with Crippen molar-refractivity contribution in [3.8, 4) is 0 Å². The highest BCUT2D eigenvalue weighted by molar-refractivity contribution is 4.83. The first-order valence-electron chi connectivity index (χ1n) is 7.87. The van der Waals surface area contributed by atoms with Gasteiger partial charge in [0.05, 0.1) is 6.10 Å². The molecule has 3 nitrogen and oxygen atoms in total. The molecule has 1 heterocycles. The van der Waals surface area contributed by atoms with Crippen LogP contribution in [0.15, 0.2) is 0 Å². The van der Waals surface area contributed by atoms with Crippen LogP contribution < -0.4 is 5.73 Å². The van der Waals surface area contributed by atoms with Crippen LogP contribution in [0.4, 0.5) is 0 Å². The monoisotopic (exact) mass is 254 g/mol. The van der Waals surface area contributed by atoms with Crippen LogP contribution in [0, 0.1) is 5.92 Å². The molecule has 1 aliphatic heterocycles. The summed E-state index contributed by atoms with van der Waals surface area (Å²) in [5.74, 6) is 0.958. The van der Waals surface area contributed by atoms with Crippen LogP contribution in [0.25, 0.3) is 0 Å². The molecule has 2 N–H and O–H groups in total. The van der Waals surface area contributed by atoms with Crippen molar-refractivity contribution in [2.24, 2.45) is 11.7 Å². The van der Waals surface area contributed by atoms with Gasteiger partial charge in [0.25, 0.3) is 0 Å². The molecule has 18 heavy (non-hydrogen) atoms. The molecule has 1 atom stereocenters. The minimum atomic E-state index is 0.489. The molecule has 0 aromatic carbocycles. The van der Waals surface area contributed by atoms with E-state index in [2.05, 4.69) is 11.8 Å². The van der Waals surface area contributed by atoms with E-state index in [1.807, 2.05) is 0 Å². The van der Waals surface area contributed by atoms with Gasteiger partial charge in [0.2, 0.25) is 0 Å². The molecule has 2 rings (SSSR count). The number of likely N-dealkylation sites (tertiary alicyclic amines) is 1. The summed E-state index contributed by atoms with van der Waals surface area (Å²) in [5, 5.41) is 0. The van der Waals surface area contributed by atoms with Gasteiger partial charge in [0.1, 0.15) is 0 Å². The third kappa shape index (κ3) is 3.94. The Kier molecular flexibility index (Phi) is 5.93. The molecule has 0 spiro atoms. The number of hydrogen-bond donors (Lipinski definition) is 1. The molecule has 0 radical (unpaired) electrons. The smallest absolute Gasteiger partial charge is 0.0599 e. The van der Waals surface area contributed by atoms with E-state index in [9.17, 15) is 0 Å². The van der Waals surface area contributed by atoms with Gasteiger partial charge >= 0.3 is 0 Å². The second-order valence-corrected chi connectivity index (χ2v) is 6.03. The highest BCUT2D eigenvalue weighted by Crippen LogP contribution is 2.31. The molecule has 0 bridgehead atoms. The molecule has 0 amide bonds. The van der Waals surface area contributed by atoms with Crippen LogP contribution in [0.3, 0.4) is 0 Å². The molecule has 1 saturated carbocycles. The lowest BCUT2D eigenvalue weighted by molar-refractivity contribution is -0.00641. The van der Waals surface area contributed by atoms with E-state index in [1.165, 1.54) is 51.6 Å². The number of hydrogen-bond acceptors (Lipinski definition) is 3. The zero-order chi connectivity index (χ0) is 12.8. The lowest BCUT2D eigenvalue weighted by atomic mass is 9.95. The summed E-state index contributed by atoms with van der Waals surface area (Å²) in [4.78, 5) is 2.69.